The van der Waals surface area contributed by atoms with Crippen molar-refractivity contribution >= 4 is 23.8 Å². The second-order valence-corrected chi connectivity index (χ2v) is 6.13. The Balaban J connectivity index is 1.75. The van der Waals surface area contributed by atoms with Gasteiger partial charge in [0.2, 0.25) is 4.77 Å². The van der Waals surface area contributed by atoms with Gasteiger partial charge in [0, 0.05) is 16.7 Å². The summed E-state index contributed by atoms with van der Waals surface area (Å²) in [5, 5.41) is 6.96. The fourth-order valence-electron chi connectivity index (χ4n) is 2.29. The second kappa shape index (κ2) is 8.20. The molecule has 0 saturated heterocycles. The van der Waals surface area contributed by atoms with E-state index in [2.05, 4.69) is 15.6 Å². The van der Waals surface area contributed by atoms with Gasteiger partial charge in [0.15, 0.2) is 11.5 Å². The first-order valence-corrected chi connectivity index (χ1v) is 8.45. The van der Waals surface area contributed by atoms with Crippen molar-refractivity contribution in [3.8, 4) is 11.5 Å². The van der Waals surface area contributed by atoms with Crippen LogP contribution in [-0.4, -0.2) is 22.0 Å². The lowest BCUT2D eigenvalue weighted by Gasteiger charge is -2.15. The highest BCUT2D eigenvalue weighted by molar-refractivity contribution is 7.71. The van der Waals surface area contributed by atoms with Crippen LogP contribution in [0.1, 0.15) is 11.1 Å². The molecule has 136 valence electrons. The van der Waals surface area contributed by atoms with E-state index in [0.717, 1.165) is 5.56 Å². The molecular formula is C17H16ClFN4O2S. The molecule has 3 rings (SSSR count). The van der Waals surface area contributed by atoms with Crippen molar-refractivity contribution in [2.75, 3.05) is 12.5 Å². The summed E-state index contributed by atoms with van der Waals surface area (Å²) in [4.78, 5) is 0. The molecule has 0 aliphatic rings. The molecule has 0 atom stereocenters. The van der Waals surface area contributed by atoms with Gasteiger partial charge >= 0.3 is 0 Å². The summed E-state index contributed by atoms with van der Waals surface area (Å²) in [6.45, 7) is 0.470. The molecule has 0 saturated carbocycles. The molecule has 0 radical (unpaired) electrons. The number of halogens is 2. The average Bonchev–Trinajstić information content (AvgIpc) is 3.05. The number of nitrogens with zero attached hydrogens (tertiary/aromatic N) is 2. The largest absolute Gasteiger partial charge is 0.493 e. The summed E-state index contributed by atoms with van der Waals surface area (Å²) < 4.78 is 26.8. The highest BCUT2D eigenvalue weighted by atomic mass is 35.5. The first-order valence-electron chi connectivity index (χ1n) is 7.67. The highest BCUT2D eigenvalue weighted by Crippen LogP contribution is 2.34. The number of methoxy groups -OCH3 is 1. The van der Waals surface area contributed by atoms with Crippen LogP contribution >= 0.6 is 23.8 Å². The van der Waals surface area contributed by atoms with E-state index in [0.29, 0.717) is 33.4 Å². The Labute approximate surface area is 159 Å². The Hall–Kier alpha value is -2.58. The summed E-state index contributed by atoms with van der Waals surface area (Å²) >= 11 is 11.4. The second-order valence-electron chi connectivity index (χ2n) is 5.34. The molecule has 0 unspecified atom stereocenters. The molecule has 26 heavy (non-hydrogen) atoms. The van der Waals surface area contributed by atoms with Gasteiger partial charge in [-0.15, -0.1) is 0 Å². The normalized spacial score (nSPS) is 10.6. The van der Waals surface area contributed by atoms with Crippen LogP contribution in [0.4, 0.5) is 4.39 Å². The van der Waals surface area contributed by atoms with E-state index < -0.39 is 0 Å². The van der Waals surface area contributed by atoms with E-state index in [1.165, 1.54) is 19.5 Å². The molecule has 1 heterocycles. The molecule has 0 aliphatic carbocycles. The van der Waals surface area contributed by atoms with Crippen LogP contribution in [0.2, 0.25) is 5.02 Å². The minimum absolute atomic E-state index is 0.0706. The van der Waals surface area contributed by atoms with Gasteiger partial charge in [-0.25, -0.2) is 9.07 Å². The third kappa shape index (κ3) is 4.14. The summed E-state index contributed by atoms with van der Waals surface area (Å²) in [5.41, 5.74) is 4.31. The molecule has 0 fully saturated rings. The van der Waals surface area contributed by atoms with Gasteiger partial charge in [0.1, 0.15) is 18.8 Å². The minimum Gasteiger partial charge on any atom is -0.493 e. The zero-order chi connectivity index (χ0) is 18.5. The molecule has 1 aromatic heterocycles. The SMILES string of the molecule is COc1cc(CNn2cn[nH]c2=S)c(Cl)cc1OCc1ccccc1F. The summed E-state index contributed by atoms with van der Waals surface area (Å²) in [5.74, 6) is 0.609. The van der Waals surface area contributed by atoms with E-state index in [9.17, 15) is 4.39 Å². The predicted molar refractivity (Wildman–Crippen MR) is 99.2 cm³/mol. The lowest BCUT2D eigenvalue weighted by atomic mass is 10.2. The maximum absolute atomic E-state index is 13.7. The van der Waals surface area contributed by atoms with Crippen molar-refractivity contribution in [3.63, 3.8) is 0 Å². The molecule has 6 nitrogen and oxygen atoms in total. The van der Waals surface area contributed by atoms with Crippen molar-refractivity contribution in [2.45, 2.75) is 13.2 Å². The lowest BCUT2D eigenvalue weighted by Crippen LogP contribution is -2.13. The number of benzene rings is 2. The topological polar surface area (TPSA) is 64.1 Å². The standard InChI is InChI=1S/C17H16ClFN4O2S/c1-24-15-6-12(8-21-23-10-20-22-17(23)26)13(18)7-16(15)25-9-11-4-2-3-5-14(11)19/h2-7,10,21H,8-9H2,1H3,(H,22,26). The van der Waals surface area contributed by atoms with E-state index in [-0.39, 0.29) is 12.4 Å². The van der Waals surface area contributed by atoms with Gasteiger partial charge in [-0.05, 0) is 29.9 Å². The zero-order valence-corrected chi connectivity index (χ0v) is 15.4. The number of ether oxygens (including phenoxy) is 2. The number of aromatic amines is 1. The van der Waals surface area contributed by atoms with Gasteiger partial charge in [-0.2, -0.15) is 5.10 Å². The van der Waals surface area contributed by atoms with Crippen LogP contribution < -0.4 is 14.9 Å². The number of H-pyrrole nitrogens is 1. The van der Waals surface area contributed by atoms with Gasteiger partial charge in [0.05, 0.1) is 13.7 Å². The summed E-state index contributed by atoms with van der Waals surface area (Å²) in [6.07, 6.45) is 1.53. The molecule has 0 spiro atoms. The fourth-order valence-corrected chi connectivity index (χ4v) is 2.67. The quantitative estimate of drug-likeness (QED) is 0.591. The number of hydrogen-bond donors (Lipinski definition) is 2. The average molecular weight is 395 g/mol. The highest BCUT2D eigenvalue weighted by Gasteiger charge is 2.12. The van der Waals surface area contributed by atoms with Gasteiger partial charge in [-0.3, -0.25) is 5.10 Å². The van der Waals surface area contributed by atoms with Crippen LogP contribution in [0.3, 0.4) is 0 Å². The van der Waals surface area contributed by atoms with E-state index in [1.807, 2.05) is 0 Å². The Morgan fingerprint density at radius 2 is 2.08 bits per heavy atom. The number of aromatic nitrogens is 3. The molecular weight excluding hydrogens is 379 g/mol. The lowest BCUT2D eigenvalue weighted by molar-refractivity contribution is 0.279. The molecule has 2 N–H and O–H groups in total. The van der Waals surface area contributed by atoms with Crippen molar-refractivity contribution in [1.82, 2.24) is 14.9 Å². The minimum atomic E-state index is -0.324. The van der Waals surface area contributed by atoms with Crippen LogP contribution in [0, 0.1) is 10.6 Å². The molecule has 0 aliphatic heterocycles. The fraction of sp³-hybridized carbons (Fsp3) is 0.176. The Morgan fingerprint density at radius 3 is 2.77 bits per heavy atom. The first kappa shape index (κ1) is 18.2. The maximum Gasteiger partial charge on any atom is 0.214 e. The van der Waals surface area contributed by atoms with Crippen LogP contribution in [0.15, 0.2) is 42.7 Å². The summed E-state index contributed by atoms with van der Waals surface area (Å²) in [7, 11) is 1.53. The molecule has 3 aromatic rings. The van der Waals surface area contributed by atoms with Crippen LogP contribution in [-0.2, 0) is 13.2 Å². The summed E-state index contributed by atoms with van der Waals surface area (Å²) in [6, 6.07) is 9.84. The Kier molecular flexibility index (Phi) is 5.75. The van der Waals surface area contributed by atoms with Crippen LogP contribution in [0.5, 0.6) is 11.5 Å². The van der Waals surface area contributed by atoms with Gasteiger partial charge in [0.25, 0.3) is 0 Å². The Morgan fingerprint density at radius 1 is 1.27 bits per heavy atom. The van der Waals surface area contributed by atoms with E-state index in [4.69, 9.17) is 33.3 Å². The first-order chi connectivity index (χ1) is 12.6. The molecule has 0 bridgehead atoms. The predicted octanol–water partition coefficient (Wildman–Crippen LogP) is 4.06. The van der Waals surface area contributed by atoms with E-state index in [1.54, 1.807) is 35.0 Å². The number of hydrogen-bond acceptors (Lipinski definition) is 5. The van der Waals surface area contributed by atoms with Crippen molar-refractivity contribution in [2.24, 2.45) is 0 Å². The van der Waals surface area contributed by atoms with Crippen molar-refractivity contribution in [3.05, 3.63) is 69.5 Å². The van der Waals surface area contributed by atoms with Crippen molar-refractivity contribution in [1.29, 1.82) is 0 Å². The van der Waals surface area contributed by atoms with Gasteiger partial charge in [-0.1, -0.05) is 29.8 Å². The van der Waals surface area contributed by atoms with E-state index >= 15 is 0 Å². The third-order valence-corrected chi connectivity index (χ3v) is 4.31. The monoisotopic (exact) mass is 394 g/mol. The van der Waals surface area contributed by atoms with Gasteiger partial charge < -0.3 is 14.9 Å². The molecule has 2 aromatic carbocycles. The smallest absolute Gasteiger partial charge is 0.214 e. The number of nitrogens with one attached hydrogen (secondary N) is 2. The Bertz CT molecular complexity index is 960. The third-order valence-electron chi connectivity index (χ3n) is 3.67. The molecule has 9 heteroatoms. The maximum atomic E-state index is 13.7. The molecule has 0 amide bonds. The number of rotatable bonds is 7. The van der Waals surface area contributed by atoms with Crippen molar-refractivity contribution < 1.29 is 13.9 Å². The van der Waals surface area contributed by atoms with Crippen LogP contribution in [0.25, 0.3) is 0 Å². The zero-order valence-electron chi connectivity index (χ0n) is 13.8.